The number of aromatic nitrogens is 2. The molecule has 7 N–H and O–H groups in total. The molecule has 3 rings (SSSR count). The third kappa shape index (κ3) is 60.8. The zero-order valence-electron chi connectivity index (χ0n) is 77.7. The van der Waals surface area contributed by atoms with Gasteiger partial charge in [0.25, 0.3) is 5.56 Å². The number of aliphatic carboxylic acids is 2. The monoisotopic (exact) mass is 1830 g/mol. The van der Waals surface area contributed by atoms with Crippen LogP contribution in [0.2, 0.25) is 0 Å². The third-order valence-corrected chi connectivity index (χ3v) is 21.0. The van der Waals surface area contributed by atoms with Crippen molar-refractivity contribution in [2.24, 2.45) is 5.92 Å². The summed E-state index contributed by atoms with van der Waals surface area (Å²) in [5, 5.41) is 33.4. The summed E-state index contributed by atoms with van der Waals surface area (Å²) in [5.74, 6) is -6.95. The molecule has 1 aromatic heterocycles. The summed E-state index contributed by atoms with van der Waals surface area (Å²) in [6, 6.07) is -0.0951. The van der Waals surface area contributed by atoms with Gasteiger partial charge in [-0.15, -0.1) is 0 Å². The van der Waals surface area contributed by atoms with Crippen LogP contribution in [0.5, 0.6) is 0 Å². The van der Waals surface area contributed by atoms with Crippen LogP contribution in [-0.2, 0) is 125 Å². The molecule has 1 fully saturated rings. The van der Waals surface area contributed by atoms with Crippen LogP contribution in [0.15, 0.2) is 29.3 Å². The van der Waals surface area contributed by atoms with E-state index in [0.717, 1.165) is 25.7 Å². The lowest BCUT2D eigenvalue weighted by atomic mass is 9.96. The van der Waals surface area contributed by atoms with E-state index in [1.165, 1.54) is 94.9 Å². The number of hydrogen-bond acceptors (Lipinski definition) is 28. The fourth-order valence-electron chi connectivity index (χ4n) is 13.5. The van der Waals surface area contributed by atoms with Crippen molar-refractivity contribution in [3.8, 4) is 0 Å². The molecule has 736 valence electrons. The number of unbranched alkanes of at least 4 members (excludes halogenated alkanes) is 17. The lowest BCUT2D eigenvalue weighted by molar-refractivity contribution is -0.140. The van der Waals surface area contributed by atoms with Crippen LogP contribution in [0.25, 0.3) is 10.9 Å². The van der Waals surface area contributed by atoms with Gasteiger partial charge >= 0.3 is 11.9 Å². The number of carbonyl (C=O) groups excluding carboxylic acids is 7. The van der Waals surface area contributed by atoms with Crippen molar-refractivity contribution in [1.29, 1.82) is 0 Å². The number of ketones is 1. The number of fused-ring (bicyclic) bond motifs is 1. The zero-order valence-corrected chi connectivity index (χ0v) is 77.7. The smallest absolute Gasteiger partial charge is 0.303 e. The number of carboxylic acids is 2. The van der Waals surface area contributed by atoms with Crippen LogP contribution in [0, 0.1) is 5.92 Å². The molecule has 0 unspecified atom stereocenters. The van der Waals surface area contributed by atoms with Crippen LogP contribution < -0.4 is 37.0 Å². The largest absolute Gasteiger partial charge is 0.481 e. The molecule has 1 aromatic carbocycles. The molecule has 128 heavy (non-hydrogen) atoms. The summed E-state index contributed by atoms with van der Waals surface area (Å²) in [6.45, 7) is 21.9. The quantitative estimate of drug-likeness (QED) is 0.0329. The molecule has 5 atom stereocenters. The highest BCUT2D eigenvalue weighted by Crippen LogP contribution is 2.23. The number of nitrogens with zero attached hydrogens (tertiary/aromatic N) is 4. The van der Waals surface area contributed by atoms with E-state index in [1.54, 1.807) is 38.0 Å². The minimum absolute atomic E-state index is 0.0805. The number of carbonyl (C=O) groups is 9. The van der Waals surface area contributed by atoms with E-state index in [2.05, 4.69) is 38.5 Å². The summed E-state index contributed by atoms with van der Waals surface area (Å²) < 4.78 is 89.0. The number of carboxylic acid groups (broad SMARTS) is 2. The van der Waals surface area contributed by atoms with Crippen LogP contribution in [0.3, 0.4) is 0 Å². The minimum Gasteiger partial charge on any atom is -0.481 e. The Morgan fingerprint density at radius 1 is 0.406 bits per heavy atom. The van der Waals surface area contributed by atoms with Crippen molar-refractivity contribution < 1.29 is 129 Å². The number of ether oxygens (including phenoxy) is 16. The van der Waals surface area contributed by atoms with E-state index in [9.17, 15) is 58.2 Å². The molecule has 0 saturated carbocycles. The van der Waals surface area contributed by atoms with Crippen LogP contribution >= 0.6 is 0 Å². The molecule has 0 spiro atoms. The Kier molecular flexibility index (Phi) is 71.7. The SMILES string of the molecule is CCCCCCCCCCCCCCCCCCCC(=O)N[C@@H](CCC(=O)O)C(=O)N[C@@H](CCC(=O)O)C(=O)N[C@H](C(=O)N[C@@H](CCCCNC(=O)CCOCCOCCOCCOCCOCCOCCOCCOCCOCCOCCOCCOCCOCCOCCOCCOC)C(=O)N1CCN(c2ccc3ncn(CC(C)=O)c(=O)c3c2)CC1)[C@@H](C)CC. The van der Waals surface area contributed by atoms with E-state index in [1.807, 2.05) is 11.0 Å². The first-order valence-corrected chi connectivity index (χ1v) is 47.0. The van der Waals surface area contributed by atoms with E-state index in [4.69, 9.17) is 75.8 Å². The van der Waals surface area contributed by atoms with Gasteiger partial charge < -0.3 is 122 Å². The Bertz CT molecular complexity index is 3270. The van der Waals surface area contributed by atoms with E-state index < -0.39 is 90.8 Å². The first-order chi connectivity index (χ1) is 62.4. The molecule has 1 aliphatic heterocycles. The summed E-state index contributed by atoms with van der Waals surface area (Å²) in [4.78, 5) is 141. The van der Waals surface area contributed by atoms with Crippen molar-refractivity contribution in [3.63, 3.8) is 0 Å². The number of nitrogens with one attached hydrogen (secondary N) is 5. The predicted molar refractivity (Wildman–Crippen MR) is 481 cm³/mol. The van der Waals surface area contributed by atoms with Crippen molar-refractivity contribution >= 4 is 69.8 Å². The average molecular weight is 1830 g/mol. The number of Topliss-reactive ketones (excluding diaryl/α,β-unsaturated/α-hetero) is 1. The van der Waals surface area contributed by atoms with E-state index in [-0.39, 0.29) is 82.3 Å². The Hall–Kier alpha value is -7.05. The van der Waals surface area contributed by atoms with Gasteiger partial charge in [-0.1, -0.05) is 130 Å². The molecule has 0 radical (unpaired) electrons. The van der Waals surface area contributed by atoms with Crippen LogP contribution in [0.1, 0.15) is 201 Å². The maximum atomic E-state index is 14.8. The van der Waals surface area contributed by atoms with Crippen molar-refractivity contribution in [2.45, 2.75) is 232 Å². The zero-order chi connectivity index (χ0) is 92.8. The number of hydrogen-bond donors (Lipinski definition) is 7. The highest BCUT2D eigenvalue weighted by molar-refractivity contribution is 5.96. The maximum Gasteiger partial charge on any atom is 0.303 e. The Labute approximate surface area is 758 Å². The lowest BCUT2D eigenvalue weighted by Crippen LogP contribution is -2.60. The van der Waals surface area contributed by atoms with Gasteiger partial charge in [0.15, 0.2) is 0 Å². The van der Waals surface area contributed by atoms with Crippen LogP contribution in [-0.4, -0.2) is 347 Å². The summed E-state index contributed by atoms with van der Waals surface area (Å²) in [5.41, 5.74) is 0.795. The topological polar surface area (TPSA) is 443 Å². The molecule has 2 heterocycles. The molecular formula is C91H159N9O28. The first-order valence-electron chi connectivity index (χ1n) is 47.0. The fourth-order valence-corrected chi connectivity index (χ4v) is 13.5. The van der Waals surface area contributed by atoms with Gasteiger partial charge in [0, 0.05) is 71.2 Å². The standard InChI is InChI=1S/C91H159N9O28/c1-6-8-9-10-11-12-13-14-15-16-17-18-19-20-21-22-23-27-83(103)94-79(30-32-84(104)105)87(108)95-80(31-33-85(106)107)88(109)97-86(74(3)7-2)89(110)96-81(91(112)99-38-36-98(37-39-99)76-28-29-78-77(71-76)90(111)100(73-93-78)72-75(4)101)26-24-25-35-92-82(102)34-40-114-43-44-116-47-48-118-51-52-120-55-56-122-59-60-124-63-64-126-67-68-128-70-69-127-66-65-125-62-61-123-58-57-121-54-53-119-50-49-117-46-45-115-42-41-113-5/h28-29,71,73-74,79-81,86H,6-27,30-70,72H2,1-5H3,(H,92,102)(H,94,103)(H,95,108)(H,96,110)(H,97,109)(H,104,105)(H,106,107)/t74-,79-,80-,81-,86-/m0/s1. The third-order valence-electron chi connectivity index (χ3n) is 21.0. The molecule has 0 aliphatic carbocycles. The lowest BCUT2D eigenvalue weighted by Gasteiger charge is -2.38. The predicted octanol–water partition coefficient (Wildman–Crippen LogP) is 6.96. The molecule has 1 aliphatic rings. The van der Waals surface area contributed by atoms with Crippen molar-refractivity contribution in [3.05, 3.63) is 34.9 Å². The molecule has 37 nitrogen and oxygen atoms in total. The second kappa shape index (κ2) is 79.7. The van der Waals surface area contributed by atoms with Gasteiger partial charge in [-0.3, -0.25) is 52.5 Å². The highest BCUT2D eigenvalue weighted by atomic mass is 16.6. The Morgan fingerprint density at radius 2 is 0.781 bits per heavy atom. The normalized spacial score (nSPS) is 13.4. The molecule has 6 amide bonds. The van der Waals surface area contributed by atoms with Gasteiger partial charge in [-0.25, -0.2) is 4.98 Å². The Balaban J connectivity index is 1.34. The van der Waals surface area contributed by atoms with Gasteiger partial charge in [0.05, 0.1) is 229 Å². The maximum absolute atomic E-state index is 14.8. The molecular weight excluding hydrogens is 1670 g/mol. The second-order valence-electron chi connectivity index (χ2n) is 31.6. The second-order valence-corrected chi connectivity index (χ2v) is 31.6. The van der Waals surface area contributed by atoms with Gasteiger partial charge in [-0.2, -0.15) is 0 Å². The van der Waals surface area contributed by atoms with Gasteiger partial charge in [0.1, 0.15) is 30.0 Å². The summed E-state index contributed by atoms with van der Waals surface area (Å²) >= 11 is 0. The average Bonchev–Trinajstić information content (AvgIpc) is 0.789. The number of benzene rings is 1. The number of piperazine rings is 1. The molecule has 0 bridgehead atoms. The van der Waals surface area contributed by atoms with E-state index in [0.29, 0.717) is 247 Å². The van der Waals surface area contributed by atoms with E-state index >= 15 is 0 Å². The van der Waals surface area contributed by atoms with Gasteiger partial charge in [-0.05, 0) is 69.6 Å². The number of methoxy groups -OCH3 is 1. The fraction of sp³-hybridized carbons (Fsp3) is 0.813. The highest BCUT2D eigenvalue weighted by Gasteiger charge is 2.36. The number of amides is 6. The van der Waals surface area contributed by atoms with Crippen LogP contribution in [0.4, 0.5) is 5.69 Å². The summed E-state index contributed by atoms with van der Waals surface area (Å²) in [7, 11) is 1.64. The molecule has 1 saturated heterocycles. The number of rotatable bonds is 90. The van der Waals surface area contributed by atoms with Gasteiger partial charge in [0.2, 0.25) is 35.4 Å². The van der Waals surface area contributed by atoms with Crippen molar-refractivity contribution in [1.82, 2.24) is 41.0 Å². The molecule has 2 aromatic rings. The molecule has 37 heteroatoms. The number of anilines is 1. The van der Waals surface area contributed by atoms with Crippen molar-refractivity contribution in [2.75, 3.05) is 250 Å². The first kappa shape index (κ1) is 115. The summed E-state index contributed by atoms with van der Waals surface area (Å²) in [6.07, 6.45) is 20.9. The minimum atomic E-state index is -1.55. The Morgan fingerprint density at radius 3 is 1.17 bits per heavy atom.